The highest BCUT2D eigenvalue weighted by molar-refractivity contribution is 9.09. The van der Waals surface area contributed by atoms with E-state index in [0.717, 1.165) is 67.2 Å². The minimum absolute atomic E-state index is 0.0128. The van der Waals surface area contributed by atoms with Crippen molar-refractivity contribution in [3.63, 3.8) is 0 Å². The zero-order valence-electron chi connectivity index (χ0n) is 39.7. The van der Waals surface area contributed by atoms with Crippen molar-refractivity contribution in [1.29, 1.82) is 0 Å². The molecule has 63 heavy (non-hydrogen) atoms. The van der Waals surface area contributed by atoms with Gasteiger partial charge in [0.15, 0.2) is 19.2 Å². The van der Waals surface area contributed by atoms with Gasteiger partial charge < -0.3 is 42.7 Å². The Morgan fingerprint density at radius 2 is 1.70 bits per heavy atom. The fraction of sp³-hybridized carbons (Fsp3) is 0.898. The van der Waals surface area contributed by atoms with E-state index < -0.39 is 20.2 Å². The quantitative estimate of drug-likeness (QED) is 0.0715. The zero-order valence-corrected chi connectivity index (χ0v) is 43.9. The Hall–Kier alpha value is 0.127. The lowest BCUT2D eigenvalue weighted by Gasteiger charge is -2.47. The van der Waals surface area contributed by atoms with Crippen LogP contribution >= 0.6 is 39.3 Å². The molecule has 0 saturated carbocycles. The van der Waals surface area contributed by atoms with Crippen molar-refractivity contribution < 1.29 is 47.5 Å². The van der Waals surface area contributed by atoms with Gasteiger partial charge in [0.2, 0.25) is 0 Å². The number of fused-ring (bicyclic) bond motifs is 1. The van der Waals surface area contributed by atoms with E-state index >= 15 is 0 Å². The number of alkyl halides is 2. The summed E-state index contributed by atoms with van der Waals surface area (Å²) in [6, 6.07) is 0. The molecule has 0 aromatic rings. The monoisotopic (exact) mass is 1000 g/mol. The lowest BCUT2D eigenvalue weighted by Crippen LogP contribution is -2.61. The van der Waals surface area contributed by atoms with Crippen molar-refractivity contribution >= 4 is 52.7 Å². The van der Waals surface area contributed by atoms with E-state index in [1.54, 1.807) is 0 Å². The minimum Gasteiger partial charge on any atom is -0.414 e. The Morgan fingerprint density at radius 1 is 0.984 bits per heavy atom. The summed E-state index contributed by atoms with van der Waals surface area (Å²) in [5.41, 5.74) is 1.88. The molecule has 19 atom stereocenters. The summed E-state index contributed by atoms with van der Waals surface area (Å²) < 4.78 is 53.9. The second-order valence-electron chi connectivity index (χ2n) is 21.7. The van der Waals surface area contributed by atoms with Gasteiger partial charge in [-0.3, -0.25) is 4.79 Å². The van der Waals surface area contributed by atoms with Gasteiger partial charge in [0, 0.05) is 42.5 Å². The van der Waals surface area contributed by atoms with Crippen molar-refractivity contribution in [1.82, 2.24) is 0 Å². The standard InChI is InChI=1S/C49H80BrClO10SSi/c1-12-32(61-63(10,11)48(7,8)9)22-38-30(6)35(26-50)40(56-38)24-39-29(5)27(3)21-33(54-39)14-16-36(52)28(4)20-31(51)18-19-49-25-41-44(59-49)45-46(58-41)47(60-49)43-37(57-45)17-15-34(55-43)23-42(53)62-13-2/h27,30-41,43-47,52H,4-5,12-26H2,1-3,6-11H3/t27-,30-,31-,32-,33?,34-,35-,36+,37+,38-,39-,40?,41-,43+,44?,45+,46?,47+,49+/m1/s1. The maximum Gasteiger partial charge on any atom is 0.192 e. The fourth-order valence-corrected chi connectivity index (χ4v) is 14.7. The molecular formula is C49H80BrClO10SSi. The first-order chi connectivity index (χ1) is 29.7. The molecule has 0 aromatic carbocycles. The predicted octanol–water partition coefficient (Wildman–Crippen LogP) is 10.4. The largest absolute Gasteiger partial charge is 0.414 e. The Balaban J connectivity index is 0.878. The molecule has 0 radical (unpaired) electrons. The summed E-state index contributed by atoms with van der Waals surface area (Å²) in [6.45, 7) is 29.2. The number of rotatable bonds is 20. The highest BCUT2D eigenvalue weighted by atomic mass is 79.9. The number of aliphatic hydroxyl groups is 1. The summed E-state index contributed by atoms with van der Waals surface area (Å²) in [4.78, 5) is 12.5. The van der Waals surface area contributed by atoms with Crippen molar-refractivity contribution in [3.05, 3.63) is 24.3 Å². The average molecular weight is 1000 g/mol. The van der Waals surface area contributed by atoms with Gasteiger partial charge in [-0.2, -0.15) is 0 Å². The molecule has 8 saturated heterocycles. The van der Waals surface area contributed by atoms with Crippen LogP contribution in [0.25, 0.3) is 0 Å². The maximum absolute atomic E-state index is 12.5. The van der Waals surface area contributed by atoms with E-state index in [1.165, 1.54) is 11.8 Å². The first-order valence-corrected chi connectivity index (χ1v) is 29.9. The molecule has 14 heteroatoms. The Bertz CT molecular complexity index is 1600. The van der Waals surface area contributed by atoms with Crippen LogP contribution in [0.3, 0.4) is 0 Å². The van der Waals surface area contributed by atoms with Gasteiger partial charge in [0.25, 0.3) is 0 Å². The van der Waals surface area contributed by atoms with Gasteiger partial charge in [-0.05, 0) is 111 Å². The predicted molar refractivity (Wildman–Crippen MR) is 256 cm³/mol. The second-order valence-corrected chi connectivity index (χ2v) is 29.0. The van der Waals surface area contributed by atoms with Gasteiger partial charge in [-0.15, -0.1) is 11.6 Å². The third-order valence-corrected chi connectivity index (χ3v) is 22.7. The van der Waals surface area contributed by atoms with Crippen LogP contribution in [0.4, 0.5) is 0 Å². The van der Waals surface area contributed by atoms with Crippen molar-refractivity contribution in [2.45, 2.75) is 247 Å². The summed E-state index contributed by atoms with van der Waals surface area (Å²) >= 11 is 12.2. The number of carbonyl (C=O) groups excluding carboxylic acids is 1. The molecule has 8 aliphatic rings. The highest BCUT2D eigenvalue weighted by Crippen LogP contribution is 2.54. The van der Waals surface area contributed by atoms with Crippen LogP contribution < -0.4 is 0 Å². The van der Waals surface area contributed by atoms with E-state index in [-0.39, 0.29) is 94.9 Å². The van der Waals surface area contributed by atoms with E-state index in [1.807, 2.05) is 6.92 Å². The number of thioether (sulfide) groups is 1. The number of hydrogen-bond donors (Lipinski definition) is 1. The molecule has 10 nitrogen and oxygen atoms in total. The van der Waals surface area contributed by atoms with Gasteiger partial charge in [0.05, 0.1) is 48.8 Å². The molecule has 8 rings (SSSR count). The molecule has 0 aliphatic carbocycles. The minimum atomic E-state index is -1.90. The number of hydrogen-bond acceptors (Lipinski definition) is 11. The van der Waals surface area contributed by atoms with Gasteiger partial charge >= 0.3 is 0 Å². The van der Waals surface area contributed by atoms with E-state index in [2.05, 4.69) is 83.7 Å². The van der Waals surface area contributed by atoms with Crippen molar-refractivity contribution in [2.24, 2.45) is 17.8 Å². The van der Waals surface area contributed by atoms with Crippen LogP contribution in [0.2, 0.25) is 18.1 Å². The number of ether oxygens (including phenoxy) is 7. The van der Waals surface area contributed by atoms with E-state index in [9.17, 15) is 9.90 Å². The molecule has 6 bridgehead atoms. The topological polar surface area (TPSA) is 111 Å². The fourth-order valence-electron chi connectivity index (χ4n) is 11.3. The first-order valence-electron chi connectivity index (χ1n) is 24.5. The van der Waals surface area contributed by atoms with E-state index in [0.29, 0.717) is 56.3 Å². The van der Waals surface area contributed by atoms with Crippen LogP contribution in [0.15, 0.2) is 24.3 Å². The number of carbonyl (C=O) groups is 1. The zero-order chi connectivity index (χ0) is 45.6. The second kappa shape index (κ2) is 21.0. The average Bonchev–Trinajstić information content (AvgIpc) is 3.77. The maximum atomic E-state index is 12.5. The van der Waals surface area contributed by atoms with Crippen LogP contribution in [-0.4, -0.2) is 126 Å². The Morgan fingerprint density at radius 3 is 2.40 bits per heavy atom. The Kier molecular flexibility index (Phi) is 17.0. The molecule has 0 aromatic heterocycles. The molecular weight excluding hydrogens is 924 g/mol. The van der Waals surface area contributed by atoms with Crippen molar-refractivity contribution in [2.75, 3.05) is 11.1 Å². The molecule has 1 N–H and O–H groups in total. The van der Waals surface area contributed by atoms with Crippen LogP contribution in [0, 0.1) is 17.8 Å². The summed E-state index contributed by atoms with van der Waals surface area (Å²) in [5.74, 6) is 1.01. The van der Waals surface area contributed by atoms with Gasteiger partial charge in [-0.25, -0.2) is 0 Å². The third-order valence-electron chi connectivity index (χ3n) is 16.2. The number of halogens is 2. The first kappa shape index (κ1) is 51.0. The molecule has 4 unspecified atom stereocenters. The normalized spacial score (nSPS) is 41.3. The number of aliphatic hydroxyl groups excluding tert-OH is 1. The molecule has 8 heterocycles. The van der Waals surface area contributed by atoms with Crippen molar-refractivity contribution in [3.8, 4) is 0 Å². The SMILES string of the molecule is C=C(C[C@H](Cl)CC[C@@]12C[C@H]3OC4[C@@H](O[C@H]5CC[C@H](CC(=O)SCC)O[C@@H]5[C@@H]4O1)C3O2)[C@@H](O)CCC1C[C@@H](C)C(=C)[C@@H](CC2O[C@H](C[C@@H](CC)O[Si](C)(C)C(C)(C)C)[C@H](C)[C@H]2CBr)O1. The van der Waals surface area contributed by atoms with Crippen LogP contribution in [0.5, 0.6) is 0 Å². The summed E-state index contributed by atoms with van der Waals surface area (Å²) in [7, 11) is -1.90. The molecule has 8 fully saturated rings. The lowest BCUT2D eigenvalue weighted by atomic mass is 9.82. The van der Waals surface area contributed by atoms with Crippen LogP contribution in [0.1, 0.15) is 132 Å². The van der Waals surface area contributed by atoms with Crippen LogP contribution in [-0.2, 0) is 42.4 Å². The smallest absolute Gasteiger partial charge is 0.192 e. The highest BCUT2D eigenvalue weighted by Gasteiger charge is 2.68. The summed E-state index contributed by atoms with van der Waals surface area (Å²) in [6.07, 6.45) is 7.17. The molecule has 8 aliphatic heterocycles. The van der Waals surface area contributed by atoms with Gasteiger partial charge in [-0.1, -0.05) is 89.3 Å². The van der Waals surface area contributed by atoms with E-state index in [4.69, 9.17) is 49.2 Å². The summed E-state index contributed by atoms with van der Waals surface area (Å²) in [5, 5.41) is 12.3. The molecule has 0 spiro atoms. The molecule has 360 valence electrons. The lowest BCUT2D eigenvalue weighted by molar-refractivity contribution is -0.291. The third kappa shape index (κ3) is 11.4. The van der Waals surface area contributed by atoms with Gasteiger partial charge in [0.1, 0.15) is 30.5 Å². The molecule has 0 amide bonds. The Labute approximate surface area is 397 Å².